The molecule has 104 valence electrons. The average molecular weight is 283 g/mol. The molecule has 0 spiro atoms. The van der Waals surface area contributed by atoms with Crippen LogP contribution in [-0.4, -0.2) is 13.4 Å². The molecule has 2 aromatic heterocycles. The first-order valence-electron chi connectivity index (χ1n) is 6.02. The van der Waals surface area contributed by atoms with Crippen LogP contribution >= 0.6 is 0 Å². The van der Waals surface area contributed by atoms with Crippen LogP contribution in [0.25, 0.3) is 11.1 Å². The Balaban J connectivity index is 2.58. The second-order valence-electron chi connectivity index (χ2n) is 4.59. The number of aromatic nitrogens is 1. The number of fused-ring (bicyclic) bond motifs is 1. The van der Waals surface area contributed by atoms with Gasteiger partial charge in [0.2, 0.25) is 10.8 Å². The quantitative estimate of drug-likeness (QED) is 0.881. The van der Waals surface area contributed by atoms with E-state index >= 15 is 0 Å². The molecule has 2 rings (SSSR count). The van der Waals surface area contributed by atoms with E-state index in [-0.39, 0.29) is 10.8 Å². The van der Waals surface area contributed by atoms with Crippen LogP contribution in [0, 0.1) is 0 Å². The number of rotatable bonds is 4. The summed E-state index contributed by atoms with van der Waals surface area (Å²) in [4.78, 5) is 4.11. The van der Waals surface area contributed by atoms with Gasteiger partial charge in [0, 0.05) is 23.2 Å². The summed E-state index contributed by atoms with van der Waals surface area (Å²) in [5.74, 6) is 0. The maximum absolute atomic E-state index is 11.2. The highest BCUT2D eigenvalue weighted by Gasteiger charge is 2.24. The number of nitrogens with zero attached hydrogens (tertiary/aromatic N) is 1. The Kier molecular flexibility index (Phi) is 3.38. The average Bonchev–Trinajstić information content (AvgIpc) is 2.80. The molecule has 2 aromatic rings. The zero-order chi connectivity index (χ0) is 14.3. The van der Waals surface area contributed by atoms with Crippen molar-refractivity contribution >= 4 is 21.1 Å². The molecule has 2 heterocycles. The Hall–Kier alpha value is -1.44. The number of sulfonamides is 1. The fraction of sp³-hybridized carbons (Fsp3) is 0.417. The van der Waals surface area contributed by atoms with Gasteiger partial charge >= 0.3 is 0 Å². The number of primary sulfonamides is 1. The number of nitrogens with two attached hydrogens (primary N) is 2. The first kappa shape index (κ1) is 14.0. The highest BCUT2D eigenvalue weighted by molar-refractivity contribution is 7.89. The third kappa shape index (κ3) is 2.49. The Morgan fingerprint density at radius 3 is 2.47 bits per heavy atom. The van der Waals surface area contributed by atoms with Gasteiger partial charge in [-0.1, -0.05) is 13.8 Å². The van der Waals surface area contributed by atoms with Crippen molar-refractivity contribution in [3.63, 3.8) is 0 Å². The van der Waals surface area contributed by atoms with Crippen LogP contribution < -0.4 is 10.9 Å². The number of pyridine rings is 1. The van der Waals surface area contributed by atoms with E-state index in [9.17, 15) is 8.42 Å². The van der Waals surface area contributed by atoms with Gasteiger partial charge in [-0.25, -0.2) is 18.5 Å². The van der Waals surface area contributed by atoms with Crippen LogP contribution in [0.15, 0.2) is 27.8 Å². The molecule has 0 aromatic carbocycles. The van der Waals surface area contributed by atoms with Gasteiger partial charge in [0.1, 0.15) is 0 Å². The molecule has 0 unspecified atom stereocenters. The minimum absolute atomic E-state index is 0.238. The Morgan fingerprint density at radius 1 is 1.32 bits per heavy atom. The van der Waals surface area contributed by atoms with Gasteiger partial charge in [-0.05, 0) is 24.5 Å². The summed E-state index contributed by atoms with van der Waals surface area (Å²) in [7, 11) is -3.86. The molecule has 19 heavy (non-hydrogen) atoms. The summed E-state index contributed by atoms with van der Waals surface area (Å²) in [6.45, 7) is 4.00. The van der Waals surface area contributed by atoms with Crippen molar-refractivity contribution in [1.82, 2.24) is 4.98 Å². The van der Waals surface area contributed by atoms with E-state index in [0.29, 0.717) is 5.39 Å². The topological polar surface area (TPSA) is 112 Å². The molecule has 0 bridgehead atoms. The lowest BCUT2D eigenvalue weighted by Crippen LogP contribution is -2.35. The zero-order valence-electron chi connectivity index (χ0n) is 10.9. The molecule has 6 nitrogen and oxygen atoms in total. The van der Waals surface area contributed by atoms with E-state index in [1.165, 1.54) is 6.07 Å². The van der Waals surface area contributed by atoms with Crippen LogP contribution in [0.1, 0.15) is 32.3 Å². The van der Waals surface area contributed by atoms with Crippen molar-refractivity contribution in [2.24, 2.45) is 10.9 Å². The first-order chi connectivity index (χ1) is 8.80. The second kappa shape index (κ2) is 4.59. The first-order valence-corrected chi connectivity index (χ1v) is 7.56. The van der Waals surface area contributed by atoms with Gasteiger partial charge in [0.15, 0.2) is 0 Å². The van der Waals surface area contributed by atoms with Crippen molar-refractivity contribution in [2.75, 3.05) is 0 Å². The summed E-state index contributed by atoms with van der Waals surface area (Å²) in [5, 5.41) is 5.32. The van der Waals surface area contributed by atoms with E-state index in [1.807, 2.05) is 13.8 Å². The molecule has 0 atom stereocenters. The number of hydrogen-bond acceptors (Lipinski definition) is 5. The summed E-state index contributed by atoms with van der Waals surface area (Å²) in [5.41, 5.74) is 6.91. The van der Waals surface area contributed by atoms with E-state index in [0.717, 1.165) is 18.4 Å². The largest absolute Gasteiger partial charge is 0.425 e. The molecule has 0 saturated heterocycles. The summed E-state index contributed by atoms with van der Waals surface area (Å²) >= 11 is 0. The highest BCUT2D eigenvalue weighted by Crippen LogP contribution is 2.29. The maximum Gasteiger partial charge on any atom is 0.271 e. The molecule has 0 aliphatic rings. The van der Waals surface area contributed by atoms with Crippen molar-refractivity contribution in [2.45, 2.75) is 37.3 Å². The van der Waals surface area contributed by atoms with Crippen LogP contribution in [-0.2, 0) is 15.6 Å². The molecule has 0 amide bonds. The molecule has 7 heteroatoms. The molecule has 0 aliphatic carbocycles. The Labute approximate surface area is 111 Å². The minimum atomic E-state index is -3.86. The predicted octanol–water partition coefficient (Wildman–Crippen LogP) is 1.45. The summed E-state index contributed by atoms with van der Waals surface area (Å²) in [6.07, 6.45) is 3.14. The summed E-state index contributed by atoms with van der Waals surface area (Å²) in [6, 6.07) is 3.17. The van der Waals surface area contributed by atoms with Gasteiger partial charge < -0.3 is 10.2 Å². The molecular formula is C12H17N3O3S. The third-order valence-corrected chi connectivity index (χ3v) is 4.23. The molecule has 4 N–H and O–H groups in total. The van der Waals surface area contributed by atoms with Gasteiger partial charge in [-0.2, -0.15) is 0 Å². The molecular weight excluding hydrogens is 266 g/mol. The maximum atomic E-state index is 11.2. The molecule has 0 aliphatic heterocycles. The standard InChI is InChI=1S/C12H17N3O3S/c1-3-12(13,4-2)9-5-8-6-10(19(14,16)17)18-11(8)15-7-9/h5-7H,3-4,13H2,1-2H3,(H2,14,16,17). The SMILES string of the molecule is CCC(N)(CC)c1cnc2oc(S(N)(=O)=O)cc2c1. The molecule has 0 fully saturated rings. The van der Waals surface area contributed by atoms with Gasteiger partial charge in [-0.15, -0.1) is 0 Å². The monoisotopic (exact) mass is 283 g/mol. The van der Waals surface area contributed by atoms with Gasteiger partial charge in [-0.3, -0.25) is 0 Å². The van der Waals surface area contributed by atoms with Crippen molar-refractivity contribution < 1.29 is 12.8 Å². The smallest absolute Gasteiger partial charge is 0.271 e. The van der Waals surface area contributed by atoms with Crippen LogP contribution in [0.5, 0.6) is 0 Å². The fourth-order valence-electron chi connectivity index (χ4n) is 1.98. The summed E-state index contributed by atoms with van der Waals surface area (Å²) < 4.78 is 27.6. The van der Waals surface area contributed by atoms with Crippen LogP contribution in [0.2, 0.25) is 0 Å². The van der Waals surface area contributed by atoms with Crippen molar-refractivity contribution in [3.05, 3.63) is 23.9 Å². The van der Waals surface area contributed by atoms with Crippen LogP contribution in [0.3, 0.4) is 0 Å². The molecule has 0 radical (unpaired) electrons. The Morgan fingerprint density at radius 2 is 1.95 bits per heavy atom. The Bertz CT molecular complexity index is 702. The van der Waals surface area contributed by atoms with Crippen LogP contribution in [0.4, 0.5) is 0 Å². The normalized spacial score (nSPS) is 13.1. The lowest BCUT2D eigenvalue weighted by atomic mass is 9.87. The van der Waals surface area contributed by atoms with E-state index in [1.54, 1.807) is 12.3 Å². The van der Waals surface area contributed by atoms with E-state index in [2.05, 4.69) is 4.98 Å². The van der Waals surface area contributed by atoms with E-state index in [4.69, 9.17) is 15.3 Å². The lowest BCUT2D eigenvalue weighted by molar-refractivity contribution is 0.411. The van der Waals surface area contributed by atoms with Crippen molar-refractivity contribution in [3.8, 4) is 0 Å². The van der Waals surface area contributed by atoms with Gasteiger partial charge in [0.05, 0.1) is 0 Å². The number of hydrogen-bond donors (Lipinski definition) is 2. The molecule has 0 saturated carbocycles. The fourth-order valence-corrected chi connectivity index (χ4v) is 2.47. The minimum Gasteiger partial charge on any atom is -0.425 e. The third-order valence-electron chi connectivity index (χ3n) is 3.47. The highest BCUT2D eigenvalue weighted by atomic mass is 32.2. The number of furan rings is 1. The van der Waals surface area contributed by atoms with Crippen molar-refractivity contribution in [1.29, 1.82) is 0 Å². The second-order valence-corrected chi connectivity index (χ2v) is 6.08. The predicted molar refractivity (Wildman–Crippen MR) is 71.8 cm³/mol. The van der Waals surface area contributed by atoms with E-state index < -0.39 is 15.6 Å². The van der Waals surface area contributed by atoms with Gasteiger partial charge in [0.25, 0.3) is 10.0 Å². The lowest BCUT2D eigenvalue weighted by Gasteiger charge is -2.26. The zero-order valence-corrected chi connectivity index (χ0v) is 11.7.